The summed E-state index contributed by atoms with van der Waals surface area (Å²) in [4.78, 5) is 15.0. The van der Waals surface area contributed by atoms with Gasteiger partial charge in [0.15, 0.2) is 0 Å². The first kappa shape index (κ1) is 21.1. The van der Waals surface area contributed by atoms with Crippen LogP contribution in [0.3, 0.4) is 0 Å². The Kier molecular flexibility index (Phi) is 6.25. The van der Waals surface area contributed by atoms with Gasteiger partial charge in [-0.15, -0.1) is 0 Å². The first-order valence-corrected chi connectivity index (χ1v) is 12.3. The zero-order valence-electron chi connectivity index (χ0n) is 17.6. The third kappa shape index (κ3) is 4.30. The van der Waals surface area contributed by atoms with E-state index in [0.29, 0.717) is 30.8 Å². The standard InChI is InChI=1S/C24H30N2O3S/c1-25(23-15-12-20-7-3-4-8-22(20)23)24(27)16-11-19-9-13-21(14-10-19)30(28,29)26-17-5-2-6-18-26/h3-4,7-10,13-14,23H,2,5-6,11-12,15-18H2,1H3. The molecule has 5 nitrogen and oxygen atoms in total. The topological polar surface area (TPSA) is 57.7 Å². The van der Waals surface area contributed by atoms with Crippen molar-refractivity contribution in [1.29, 1.82) is 0 Å². The van der Waals surface area contributed by atoms with Crippen LogP contribution in [0.4, 0.5) is 0 Å². The van der Waals surface area contributed by atoms with E-state index in [1.807, 2.05) is 30.1 Å². The average Bonchev–Trinajstić information content (AvgIpc) is 3.22. The van der Waals surface area contributed by atoms with Gasteiger partial charge in [0.2, 0.25) is 15.9 Å². The van der Waals surface area contributed by atoms with Crippen LogP contribution in [-0.4, -0.2) is 43.7 Å². The minimum Gasteiger partial charge on any atom is -0.339 e. The molecule has 2 aromatic carbocycles. The lowest BCUT2D eigenvalue weighted by molar-refractivity contribution is -0.132. The van der Waals surface area contributed by atoms with Crippen LogP contribution in [0.25, 0.3) is 0 Å². The summed E-state index contributed by atoms with van der Waals surface area (Å²) in [5.74, 6) is 0.127. The smallest absolute Gasteiger partial charge is 0.243 e. The quantitative estimate of drug-likeness (QED) is 0.703. The van der Waals surface area contributed by atoms with E-state index in [2.05, 4.69) is 18.2 Å². The minimum absolute atomic E-state index is 0.127. The number of hydrogen-bond donors (Lipinski definition) is 0. The summed E-state index contributed by atoms with van der Waals surface area (Å²) in [6, 6.07) is 15.6. The molecule has 1 atom stereocenters. The highest BCUT2D eigenvalue weighted by molar-refractivity contribution is 7.89. The number of amides is 1. The van der Waals surface area contributed by atoms with Crippen LogP contribution in [0, 0.1) is 0 Å². The zero-order chi connectivity index (χ0) is 21.1. The Morgan fingerprint density at radius 3 is 2.47 bits per heavy atom. The second kappa shape index (κ2) is 8.90. The van der Waals surface area contributed by atoms with Crippen molar-refractivity contribution >= 4 is 15.9 Å². The minimum atomic E-state index is -3.40. The first-order valence-electron chi connectivity index (χ1n) is 10.9. The van der Waals surface area contributed by atoms with Gasteiger partial charge >= 0.3 is 0 Å². The highest BCUT2D eigenvalue weighted by Gasteiger charge is 2.28. The monoisotopic (exact) mass is 426 g/mol. The number of nitrogens with zero attached hydrogens (tertiary/aromatic N) is 2. The molecule has 1 saturated heterocycles. The number of carbonyl (C=O) groups is 1. The average molecular weight is 427 g/mol. The molecule has 30 heavy (non-hydrogen) atoms. The van der Waals surface area contributed by atoms with Crippen LogP contribution in [0.1, 0.15) is 54.8 Å². The van der Waals surface area contributed by atoms with E-state index in [1.165, 1.54) is 11.1 Å². The van der Waals surface area contributed by atoms with E-state index in [-0.39, 0.29) is 11.9 Å². The van der Waals surface area contributed by atoms with Gasteiger partial charge in [-0.1, -0.05) is 42.8 Å². The molecule has 0 saturated carbocycles. The lowest BCUT2D eigenvalue weighted by atomic mass is 10.1. The highest BCUT2D eigenvalue weighted by atomic mass is 32.2. The van der Waals surface area contributed by atoms with Crippen molar-refractivity contribution in [2.45, 2.75) is 55.9 Å². The predicted molar refractivity (Wildman–Crippen MR) is 118 cm³/mol. The number of benzene rings is 2. The summed E-state index contributed by atoms with van der Waals surface area (Å²) in [6.07, 6.45) is 5.99. The molecule has 6 heteroatoms. The van der Waals surface area contributed by atoms with Crippen LogP contribution in [-0.2, 0) is 27.7 Å². The van der Waals surface area contributed by atoms with Crippen molar-refractivity contribution in [3.63, 3.8) is 0 Å². The molecule has 2 aliphatic rings. The van der Waals surface area contributed by atoms with Gasteiger partial charge in [-0.05, 0) is 60.9 Å². The molecule has 0 N–H and O–H groups in total. The second-order valence-electron chi connectivity index (χ2n) is 8.37. The lowest BCUT2D eigenvalue weighted by Gasteiger charge is -2.26. The number of sulfonamides is 1. The maximum Gasteiger partial charge on any atom is 0.243 e. The van der Waals surface area contributed by atoms with E-state index in [4.69, 9.17) is 0 Å². The van der Waals surface area contributed by atoms with Crippen molar-refractivity contribution in [2.75, 3.05) is 20.1 Å². The number of piperidine rings is 1. The van der Waals surface area contributed by atoms with Gasteiger partial charge in [-0.3, -0.25) is 4.79 Å². The second-order valence-corrected chi connectivity index (χ2v) is 10.3. The van der Waals surface area contributed by atoms with E-state index < -0.39 is 10.0 Å². The number of hydrogen-bond acceptors (Lipinski definition) is 3. The fraction of sp³-hybridized carbons (Fsp3) is 0.458. The molecule has 4 rings (SSSR count). The molecule has 1 aliphatic heterocycles. The fourth-order valence-electron chi connectivity index (χ4n) is 4.62. The lowest BCUT2D eigenvalue weighted by Crippen LogP contribution is -2.35. The van der Waals surface area contributed by atoms with Gasteiger partial charge in [0.1, 0.15) is 0 Å². The Morgan fingerprint density at radius 1 is 1.03 bits per heavy atom. The normalized spacial score (nSPS) is 19.4. The van der Waals surface area contributed by atoms with Crippen molar-refractivity contribution in [3.05, 3.63) is 65.2 Å². The van der Waals surface area contributed by atoms with Crippen molar-refractivity contribution in [3.8, 4) is 0 Å². The van der Waals surface area contributed by atoms with Crippen LogP contribution in [0.5, 0.6) is 0 Å². The summed E-state index contributed by atoms with van der Waals surface area (Å²) in [6.45, 7) is 1.21. The molecular weight excluding hydrogens is 396 g/mol. The number of carbonyl (C=O) groups excluding carboxylic acids is 1. The van der Waals surface area contributed by atoms with Gasteiger partial charge in [-0.25, -0.2) is 8.42 Å². The van der Waals surface area contributed by atoms with Gasteiger partial charge in [0.25, 0.3) is 0 Å². The van der Waals surface area contributed by atoms with Crippen LogP contribution in [0.2, 0.25) is 0 Å². The van der Waals surface area contributed by atoms with Crippen LogP contribution < -0.4 is 0 Å². The Morgan fingerprint density at radius 2 is 1.73 bits per heavy atom. The molecular formula is C24H30N2O3S. The largest absolute Gasteiger partial charge is 0.339 e. The summed E-state index contributed by atoms with van der Waals surface area (Å²) in [7, 11) is -1.51. The molecule has 1 aliphatic carbocycles. The molecule has 0 bridgehead atoms. The SMILES string of the molecule is CN(C(=O)CCc1ccc(S(=O)(=O)N2CCCCC2)cc1)C1CCc2ccccc21. The Balaban J connectivity index is 1.35. The molecule has 0 radical (unpaired) electrons. The first-order chi connectivity index (χ1) is 14.5. The zero-order valence-corrected chi connectivity index (χ0v) is 18.4. The number of fused-ring (bicyclic) bond motifs is 1. The summed E-state index contributed by atoms with van der Waals surface area (Å²) < 4.78 is 27.1. The molecule has 2 aromatic rings. The molecule has 0 aromatic heterocycles. The van der Waals surface area contributed by atoms with E-state index >= 15 is 0 Å². The molecule has 0 spiro atoms. The maximum atomic E-state index is 12.8. The highest BCUT2D eigenvalue weighted by Crippen LogP contribution is 2.35. The van der Waals surface area contributed by atoms with Crippen LogP contribution in [0.15, 0.2) is 53.4 Å². The number of aryl methyl sites for hydroxylation is 2. The van der Waals surface area contributed by atoms with Crippen molar-refractivity contribution in [1.82, 2.24) is 9.21 Å². The molecule has 160 valence electrons. The Hall–Kier alpha value is -2.18. The van der Waals surface area contributed by atoms with E-state index in [1.54, 1.807) is 16.4 Å². The third-order valence-electron chi connectivity index (χ3n) is 6.47. The third-order valence-corrected chi connectivity index (χ3v) is 8.38. The van der Waals surface area contributed by atoms with Gasteiger partial charge in [0, 0.05) is 26.6 Å². The summed E-state index contributed by atoms with van der Waals surface area (Å²) in [5.41, 5.74) is 3.59. The molecule has 1 heterocycles. The maximum absolute atomic E-state index is 12.8. The van der Waals surface area contributed by atoms with Gasteiger partial charge in [-0.2, -0.15) is 4.31 Å². The van der Waals surface area contributed by atoms with Gasteiger partial charge in [0.05, 0.1) is 10.9 Å². The molecule has 1 amide bonds. The Labute approximate surface area is 179 Å². The molecule has 1 fully saturated rings. The number of rotatable bonds is 6. The van der Waals surface area contributed by atoms with Crippen molar-refractivity contribution in [2.24, 2.45) is 0 Å². The van der Waals surface area contributed by atoms with E-state index in [9.17, 15) is 13.2 Å². The summed E-state index contributed by atoms with van der Waals surface area (Å²) >= 11 is 0. The fourth-order valence-corrected chi connectivity index (χ4v) is 6.14. The molecule has 1 unspecified atom stereocenters. The summed E-state index contributed by atoms with van der Waals surface area (Å²) in [5, 5.41) is 0. The van der Waals surface area contributed by atoms with Crippen molar-refractivity contribution < 1.29 is 13.2 Å². The predicted octanol–water partition coefficient (Wildman–Crippen LogP) is 3.94. The Bertz CT molecular complexity index is 995. The van der Waals surface area contributed by atoms with Gasteiger partial charge < -0.3 is 4.90 Å². The van der Waals surface area contributed by atoms with Crippen LogP contribution >= 0.6 is 0 Å². The van der Waals surface area contributed by atoms with E-state index in [0.717, 1.165) is 37.7 Å².